The van der Waals surface area contributed by atoms with E-state index in [9.17, 15) is 14.4 Å². The fourth-order valence-electron chi connectivity index (χ4n) is 2.01. The summed E-state index contributed by atoms with van der Waals surface area (Å²) in [5.74, 6) is -1.30. The molecule has 0 radical (unpaired) electrons. The maximum absolute atomic E-state index is 12.0. The first kappa shape index (κ1) is 15.5. The van der Waals surface area contributed by atoms with Crippen LogP contribution >= 0.6 is 0 Å². The van der Waals surface area contributed by atoms with Crippen LogP contribution in [0.25, 0.3) is 5.32 Å². The number of benzene rings is 1. The largest absolute Gasteiger partial charge is 1.00 e. The molecule has 1 N–H and O–H groups in total. The van der Waals surface area contributed by atoms with E-state index in [1.165, 1.54) is 0 Å². The molecule has 88 valence electrons. The molecule has 1 heterocycles. The van der Waals surface area contributed by atoms with Gasteiger partial charge < -0.3 is 10.6 Å². The number of amides is 4. The summed E-state index contributed by atoms with van der Waals surface area (Å²) in [7, 11) is 0. The summed E-state index contributed by atoms with van der Waals surface area (Å²) in [6.07, 6.45) is 0.262. The zero-order valence-corrected chi connectivity index (χ0v) is 13.4. The zero-order valence-electron chi connectivity index (χ0n) is 10.3. The number of nitrogens with zero attached hydrogens (tertiary/aromatic N) is 1. The van der Waals surface area contributed by atoms with Gasteiger partial charge in [-0.1, -0.05) is 37.3 Å². The molecule has 1 fully saturated rings. The number of carbonyl (C=O) groups excluding carboxylic acids is 3. The van der Waals surface area contributed by atoms with Gasteiger partial charge >= 0.3 is 51.4 Å². The van der Waals surface area contributed by atoms with E-state index >= 15 is 0 Å². The number of hydrogen-bond acceptors (Lipinski definition) is 3. The van der Waals surface area contributed by atoms with Crippen LogP contribution in [0.2, 0.25) is 0 Å². The second kappa shape index (κ2) is 6.07. The Morgan fingerprint density at radius 3 is 2.28 bits per heavy atom. The average Bonchev–Trinajstić information content (AvgIpc) is 2.30. The van der Waals surface area contributed by atoms with Gasteiger partial charge in [-0.3, -0.25) is 14.4 Å². The molecule has 1 aromatic rings. The van der Waals surface area contributed by atoms with E-state index in [0.717, 1.165) is 0 Å². The molecule has 1 aromatic carbocycles. The second-order valence-electron chi connectivity index (χ2n) is 3.80. The fourth-order valence-corrected chi connectivity index (χ4v) is 2.01. The molecule has 0 aliphatic carbocycles. The van der Waals surface area contributed by atoms with Crippen LogP contribution in [0.1, 0.15) is 18.9 Å². The van der Waals surface area contributed by atoms with Gasteiger partial charge in [0.15, 0.2) is 17.8 Å². The van der Waals surface area contributed by atoms with Gasteiger partial charge in [-0.2, -0.15) is 0 Å². The van der Waals surface area contributed by atoms with Crippen molar-refractivity contribution >= 4 is 17.8 Å². The maximum atomic E-state index is 12.0. The molecule has 1 unspecified atom stereocenters. The summed E-state index contributed by atoms with van der Waals surface area (Å²) in [5.41, 5.74) is -0.809. The van der Waals surface area contributed by atoms with Gasteiger partial charge in [0.05, 0.1) is 0 Å². The third-order valence-corrected chi connectivity index (χ3v) is 2.97. The number of imide groups is 2. The SMILES string of the molecule is CCC1(c2ccccc2)C(=O)[N-]C(=O)NC1=O.[K+]. The predicted molar refractivity (Wildman–Crippen MR) is 60.3 cm³/mol. The summed E-state index contributed by atoms with van der Waals surface area (Å²) in [5, 5.41) is 5.41. The Kier molecular flexibility index (Phi) is 5.24. The summed E-state index contributed by atoms with van der Waals surface area (Å²) < 4.78 is 0. The molecule has 2 rings (SSSR count). The second-order valence-corrected chi connectivity index (χ2v) is 3.80. The Morgan fingerprint density at radius 1 is 1.17 bits per heavy atom. The van der Waals surface area contributed by atoms with Gasteiger partial charge in [0.2, 0.25) is 0 Å². The minimum absolute atomic E-state index is 0. The number of nitrogens with one attached hydrogen (secondary N) is 1. The Labute approximate surface area is 147 Å². The Bertz CT molecular complexity index is 467. The molecule has 4 amide bonds. The molecule has 1 aliphatic heterocycles. The van der Waals surface area contributed by atoms with Crippen molar-refractivity contribution in [3.8, 4) is 0 Å². The van der Waals surface area contributed by atoms with Crippen LogP contribution in [0.3, 0.4) is 0 Å². The van der Waals surface area contributed by atoms with Crippen molar-refractivity contribution in [1.82, 2.24) is 5.32 Å². The van der Waals surface area contributed by atoms with Crippen molar-refractivity contribution in [2.45, 2.75) is 18.8 Å². The van der Waals surface area contributed by atoms with Crippen molar-refractivity contribution in [2.24, 2.45) is 0 Å². The first-order valence-electron chi connectivity index (χ1n) is 5.28. The number of barbiturate groups is 1. The maximum Gasteiger partial charge on any atom is 1.00 e. The molecular weight excluding hydrogens is 259 g/mol. The topological polar surface area (TPSA) is 77.3 Å². The van der Waals surface area contributed by atoms with Crippen molar-refractivity contribution in [2.75, 3.05) is 0 Å². The number of urea groups is 1. The third-order valence-electron chi connectivity index (χ3n) is 2.97. The quantitative estimate of drug-likeness (QED) is 0.524. The van der Waals surface area contributed by atoms with Crippen LogP contribution in [-0.4, -0.2) is 17.8 Å². The molecule has 18 heavy (non-hydrogen) atoms. The van der Waals surface area contributed by atoms with E-state index in [2.05, 4.69) is 10.6 Å². The van der Waals surface area contributed by atoms with Crippen LogP contribution in [0.4, 0.5) is 4.79 Å². The van der Waals surface area contributed by atoms with E-state index in [0.29, 0.717) is 5.56 Å². The van der Waals surface area contributed by atoms with E-state index < -0.39 is 23.3 Å². The monoisotopic (exact) mass is 270 g/mol. The molecule has 0 spiro atoms. The average molecular weight is 270 g/mol. The molecule has 5 nitrogen and oxygen atoms in total. The normalized spacial score (nSPS) is 22.8. The van der Waals surface area contributed by atoms with Gasteiger partial charge in [-0.25, -0.2) is 0 Å². The van der Waals surface area contributed by atoms with E-state index in [1.807, 2.05) is 0 Å². The van der Waals surface area contributed by atoms with E-state index in [1.54, 1.807) is 37.3 Å². The van der Waals surface area contributed by atoms with Crippen LogP contribution in [0, 0.1) is 0 Å². The summed E-state index contributed by atoms with van der Waals surface area (Å²) in [6, 6.07) is 7.76. The summed E-state index contributed by atoms with van der Waals surface area (Å²) >= 11 is 0. The van der Waals surface area contributed by atoms with Crippen LogP contribution in [0.5, 0.6) is 0 Å². The van der Waals surface area contributed by atoms with Crippen molar-refractivity contribution in [1.29, 1.82) is 0 Å². The van der Waals surface area contributed by atoms with Gasteiger partial charge in [0.25, 0.3) is 0 Å². The molecule has 1 aliphatic rings. The molecule has 0 bridgehead atoms. The Hall–Kier alpha value is -0.534. The van der Waals surface area contributed by atoms with Gasteiger partial charge in [-0.05, 0) is 12.0 Å². The van der Waals surface area contributed by atoms with E-state index in [-0.39, 0.29) is 57.8 Å². The predicted octanol–water partition coefficient (Wildman–Crippen LogP) is -1.51. The zero-order chi connectivity index (χ0) is 12.5. The Morgan fingerprint density at radius 2 is 1.78 bits per heavy atom. The Balaban J connectivity index is 0.00000162. The summed E-state index contributed by atoms with van der Waals surface area (Å²) in [4.78, 5) is 34.9. The minimum atomic E-state index is -1.37. The fraction of sp³-hybridized carbons (Fsp3) is 0.250. The van der Waals surface area contributed by atoms with Gasteiger partial charge in [0, 0.05) is 0 Å². The number of carbonyl (C=O) groups is 3. The van der Waals surface area contributed by atoms with E-state index in [4.69, 9.17) is 0 Å². The number of rotatable bonds is 2. The molecule has 1 atom stereocenters. The standard InChI is InChI=1S/C12H12N2O3.K/c1-2-12(8-6-4-3-5-7-8)9(15)13-11(17)14-10(12)16;/h3-7H,2H2,1H3,(H2,13,14,15,16,17);/q;+1/p-1. The molecule has 1 saturated heterocycles. The van der Waals surface area contributed by atoms with Crippen LogP contribution < -0.4 is 56.7 Å². The van der Waals surface area contributed by atoms with Crippen molar-refractivity contribution in [3.05, 3.63) is 41.2 Å². The van der Waals surface area contributed by atoms with Crippen LogP contribution in [0.15, 0.2) is 30.3 Å². The van der Waals surface area contributed by atoms with Crippen LogP contribution in [-0.2, 0) is 15.0 Å². The molecular formula is C12H11KN2O3. The van der Waals surface area contributed by atoms with Crippen molar-refractivity contribution in [3.63, 3.8) is 0 Å². The van der Waals surface area contributed by atoms with Gasteiger partial charge in [-0.15, -0.1) is 0 Å². The summed E-state index contributed by atoms with van der Waals surface area (Å²) in [6.45, 7) is 1.72. The smallest absolute Gasteiger partial charge is 0.394 e. The number of hydrogen-bond donors (Lipinski definition) is 1. The first-order valence-corrected chi connectivity index (χ1v) is 5.28. The molecule has 6 heteroatoms. The minimum Gasteiger partial charge on any atom is -0.394 e. The molecule has 0 saturated carbocycles. The molecule has 0 aromatic heterocycles. The van der Waals surface area contributed by atoms with Crippen molar-refractivity contribution < 1.29 is 65.8 Å². The first-order chi connectivity index (χ1) is 8.11. The van der Waals surface area contributed by atoms with Gasteiger partial charge in [0.1, 0.15) is 5.41 Å². The third kappa shape index (κ3) is 2.43.